The molecule has 2 aromatic heterocycles. The van der Waals surface area contributed by atoms with Crippen LogP contribution in [0.15, 0.2) is 33.5 Å². The van der Waals surface area contributed by atoms with Crippen molar-refractivity contribution in [3.8, 4) is 0 Å². The van der Waals surface area contributed by atoms with Gasteiger partial charge in [0.05, 0.1) is 29.2 Å². The van der Waals surface area contributed by atoms with Crippen molar-refractivity contribution in [3.63, 3.8) is 0 Å². The van der Waals surface area contributed by atoms with Crippen LogP contribution in [-0.4, -0.2) is 46.6 Å². The number of nitrogens with zero attached hydrogens (tertiary/aromatic N) is 3. The van der Waals surface area contributed by atoms with Gasteiger partial charge >= 0.3 is 0 Å². The highest BCUT2D eigenvalue weighted by Crippen LogP contribution is 2.33. The number of hydrogen-bond donors (Lipinski definition) is 2. The Kier molecular flexibility index (Phi) is 5.89. The van der Waals surface area contributed by atoms with Crippen molar-refractivity contribution in [2.75, 3.05) is 17.5 Å². The number of likely N-dealkylation sites (tertiary alicyclic amines) is 1. The molecule has 2 N–H and O–H groups in total. The Hall–Kier alpha value is -2.66. The molecule has 3 aromatic rings. The number of anilines is 1. The molecule has 1 atom stereocenters. The third-order valence-electron chi connectivity index (χ3n) is 5.73. The molecule has 1 aliphatic heterocycles. The highest BCUT2D eigenvalue weighted by atomic mass is 79.9. The van der Waals surface area contributed by atoms with Gasteiger partial charge in [-0.15, -0.1) is 0 Å². The van der Waals surface area contributed by atoms with Gasteiger partial charge in [-0.1, -0.05) is 15.9 Å². The van der Waals surface area contributed by atoms with Crippen molar-refractivity contribution < 1.29 is 13.2 Å². The summed E-state index contributed by atoms with van der Waals surface area (Å²) in [6.07, 6.45) is 3.53. The van der Waals surface area contributed by atoms with Gasteiger partial charge < -0.3 is 4.90 Å². The normalized spacial score (nSPS) is 17.0. The van der Waals surface area contributed by atoms with Gasteiger partial charge in [-0.2, -0.15) is 0 Å². The zero-order chi connectivity index (χ0) is 23.2. The lowest BCUT2D eigenvalue weighted by Crippen LogP contribution is -2.39. The smallest absolute Gasteiger partial charge is 0.275 e. The number of amides is 1. The summed E-state index contributed by atoms with van der Waals surface area (Å²) in [5, 5.41) is 3.13. The van der Waals surface area contributed by atoms with E-state index >= 15 is 0 Å². The predicted octanol–water partition coefficient (Wildman–Crippen LogP) is 3.14. The minimum absolute atomic E-state index is 0.168. The lowest BCUT2D eigenvalue weighted by molar-refractivity contribution is 0.0606. The van der Waals surface area contributed by atoms with Gasteiger partial charge in [0.25, 0.3) is 11.5 Å². The summed E-state index contributed by atoms with van der Waals surface area (Å²) >= 11 is 3.37. The molecule has 170 valence electrons. The average Bonchev–Trinajstić information content (AvgIpc) is 3.16. The summed E-state index contributed by atoms with van der Waals surface area (Å²) in [5.74, 6) is -0.284. The number of aryl methyl sites for hydroxylation is 1. The maximum atomic E-state index is 13.6. The topological polar surface area (TPSA) is 117 Å². The fourth-order valence-electron chi connectivity index (χ4n) is 4.04. The molecule has 1 fully saturated rings. The molecule has 1 amide bonds. The summed E-state index contributed by atoms with van der Waals surface area (Å²) < 4.78 is 28.1. The van der Waals surface area contributed by atoms with Crippen molar-refractivity contribution >= 4 is 43.2 Å². The molecule has 32 heavy (non-hydrogen) atoms. The Morgan fingerprint density at radius 3 is 2.72 bits per heavy atom. The maximum absolute atomic E-state index is 13.6. The molecule has 9 nitrogen and oxygen atoms in total. The van der Waals surface area contributed by atoms with Crippen molar-refractivity contribution in [2.45, 2.75) is 39.2 Å². The number of aromatic amines is 1. The van der Waals surface area contributed by atoms with Gasteiger partial charge in [0.1, 0.15) is 0 Å². The van der Waals surface area contributed by atoms with Crippen LogP contribution < -0.4 is 10.3 Å². The van der Waals surface area contributed by atoms with Crippen LogP contribution in [0.1, 0.15) is 52.6 Å². The van der Waals surface area contributed by atoms with E-state index in [0.717, 1.165) is 24.8 Å². The number of benzene rings is 1. The van der Waals surface area contributed by atoms with Crippen molar-refractivity contribution in [2.24, 2.45) is 0 Å². The summed E-state index contributed by atoms with van der Waals surface area (Å²) in [7, 11) is -3.56. The number of carbonyl (C=O) groups excluding carboxylic acids is 1. The van der Waals surface area contributed by atoms with Crippen molar-refractivity contribution in [1.29, 1.82) is 0 Å². The minimum atomic E-state index is -3.56. The zero-order valence-electron chi connectivity index (χ0n) is 18.0. The Morgan fingerprint density at radius 2 is 2.00 bits per heavy atom. The molecule has 0 saturated carbocycles. The third-order valence-corrected chi connectivity index (χ3v) is 6.82. The first kappa shape index (κ1) is 22.5. The van der Waals surface area contributed by atoms with Gasteiger partial charge in [0.15, 0.2) is 5.65 Å². The van der Waals surface area contributed by atoms with Crippen LogP contribution in [0.2, 0.25) is 0 Å². The number of H-pyrrole nitrogens is 1. The fourth-order valence-corrected chi connectivity index (χ4v) is 4.98. The molecular weight excluding hydrogens is 498 g/mol. The molecule has 4 rings (SSSR count). The monoisotopic (exact) mass is 521 g/mol. The molecule has 0 radical (unpaired) electrons. The van der Waals surface area contributed by atoms with Gasteiger partial charge in [-0.05, 0) is 51.3 Å². The lowest BCUT2D eigenvalue weighted by Gasteiger charge is -2.35. The molecule has 1 saturated heterocycles. The predicted molar refractivity (Wildman–Crippen MR) is 126 cm³/mol. The number of carbonyl (C=O) groups is 1. The molecule has 0 unspecified atom stereocenters. The zero-order valence-corrected chi connectivity index (χ0v) is 20.4. The quantitative estimate of drug-likeness (QED) is 0.546. The molecule has 0 spiro atoms. The summed E-state index contributed by atoms with van der Waals surface area (Å²) in [4.78, 5) is 32.5. The van der Waals surface area contributed by atoms with Crippen LogP contribution in [0.5, 0.6) is 0 Å². The number of halogens is 1. The highest BCUT2D eigenvalue weighted by molar-refractivity contribution is 9.10. The molecule has 3 heterocycles. The van der Waals surface area contributed by atoms with Crippen molar-refractivity contribution in [1.82, 2.24) is 19.5 Å². The van der Waals surface area contributed by atoms with Crippen LogP contribution in [0.3, 0.4) is 0 Å². The maximum Gasteiger partial charge on any atom is 0.275 e. The van der Waals surface area contributed by atoms with Gasteiger partial charge in [0, 0.05) is 28.3 Å². The van der Waals surface area contributed by atoms with E-state index in [0.29, 0.717) is 34.3 Å². The number of aromatic nitrogens is 3. The summed E-state index contributed by atoms with van der Waals surface area (Å²) in [6, 6.07) is 6.38. The Bertz CT molecular complexity index is 1380. The SMILES string of the molecule is Cc1nc2cc([C@@H]3CCCCN3C(=O)c3cc(Br)ccc3NS(C)(=O)=O)[nH]n2c(=O)c1C. The second kappa shape index (κ2) is 8.36. The largest absolute Gasteiger partial charge is 0.330 e. The molecular formula is C21H24BrN5O4S. The van der Waals surface area contributed by atoms with Gasteiger partial charge in [0.2, 0.25) is 10.0 Å². The third kappa shape index (κ3) is 4.31. The minimum Gasteiger partial charge on any atom is -0.330 e. The summed E-state index contributed by atoms with van der Waals surface area (Å²) in [5.41, 5.74) is 2.79. The lowest BCUT2D eigenvalue weighted by atomic mass is 9.98. The van der Waals surface area contributed by atoms with Gasteiger partial charge in [-0.25, -0.2) is 17.9 Å². The van der Waals surface area contributed by atoms with Crippen LogP contribution >= 0.6 is 15.9 Å². The van der Waals surface area contributed by atoms with Crippen LogP contribution in [0.25, 0.3) is 5.65 Å². The van der Waals surface area contributed by atoms with Crippen molar-refractivity contribution in [3.05, 3.63) is 61.6 Å². The van der Waals surface area contributed by atoms with E-state index in [1.807, 2.05) is 0 Å². The second-order valence-corrected chi connectivity index (χ2v) is 10.8. The Balaban J connectivity index is 1.76. The Morgan fingerprint density at radius 1 is 1.25 bits per heavy atom. The van der Waals surface area contributed by atoms with E-state index in [2.05, 4.69) is 30.7 Å². The summed E-state index contributed by atoms with van der Waals surface area (Å²) in [6.45, 7) is 4.05. The molecule has 1 aliphatic rings. The highest BCUT2D eigenvalue weighted by Gasteiger charge is 2.32. The first-order valence-electron chi connectivity index (χ1n) is 10.2. The van der Waals surface area contributed by atoms with Crippen LogP contribution in [0.4, 0.5) is 5.69 Å². The van der Waals surface area contributed by atoms with E-state index in [4.69, 9.17) is 0 Å². The van der Waals surface area contributed by atoms with Crippen LogP contribution in [0, 0.1) is 13.8 Å². The first-order valence-corrected chi connectivity index (χ1v) is 12.9. The van der Waals surface area contributed by atoms with E-state index in [1.54, 1.807) is 43.0 Å². The molecule has 11 heteroatoms. The van der Waals surface area contributed by atoms with E-state index in [1.165, 1.54) is 4.52 Å². The van der Waals surface area contributed by atoms with Gasteiger partial charge in [-0.3, -0.25) is 19.4 Å². The fraction of sp³-hybridized carbons (Fsp3) is 0.381. The van der Waals surface area contributed by atoms with E-state index in [9.17, 15) is 18.0 Å². The number of nitrogens with one attached hydrogen (secondary N) is 2. The second-order valence-electron chi connectivity index (χ2n) is 8.11. The molecule has 0 aliphatic carbocycles. The number of piperidine rings is 1. The number of sulfonamides is 1. The number of hydrogen-bond acceptors (Lipinski definition) is 5. The first-order chi connectivity index (χ1) is 15.0. The Labute approximate surface area is 194 Å². The van der Waals surface area contributed by atoms with E-state index < -0.39 is 10.0 Å². The standard InChI is InChI=1S/C21H24BrN5O4S/c1-12-13(2)23-19-11-17(24-27(19)20(12)28)18-6-4-5-9-26(18)21(29)15-10-14(22)7-8-16(15)25-32(3,30)31/h7-8,10-11,18,24-25H,4-6,9H2,1-3H3/t18-/m0/s1. The average molecular weight is 522 g/mol. The van der Waals surface area contributed by atoms with E-state index in [-0.39, 0.29) is 28.8 Å². The van der Waals surface area contributed by atoms with Crippen LogP contribution in [-0.2, 0) is 10.0 Å². The molecule has 1 aromatic carbocycles. The number of fused-ring (bicyclic) bond motifs is 1. The number of rotatable bonds is 4. The molecule has 0 bridgehead atoms.